The van der Waals surface area contributed by atoms with Crippen LogP contribution in [-0.2, 0) is 0 Å². The highest BCUT2D eigenvalue weighted by atomic mass is 14.2. The molecule has 0 spiro atoms. The minimum Gasteiger partial charge on any atom is -0.0825 e. The second kappa shape index (κ2) is 3.23. The third-order valence-electron chi connectivity index (χ3n) is 2.28. The Labute approximate surface area is 64.3 Å². The van der Waals surface area contributed by atoms with Gasteiger partial charge in [-0.05, 0) is 31.1 Å². The first-order chi connectivity index (χ1) is 4.70. The lowest BCUT2D eigenvalue weighted by Gasteiger charge is -2.05. The summed E-state index contributed by atoms with van der Waals surface area (Å²) in [6.45, 7) is 6.87. The Morgan fingerprint density at radius 1 is 1.50 bits per heavy atom. The number of allylic oxidation sites excluding steroid dienone is 2. The summed E-state index contributed by atoms with van der Waals surface area (Å²) in [6, 6.07) is 0. The van der Waals surface area contributed by atoms with Crippen LogP contribution in [0.25, 0.3) is 0 Å². The molecule has 10 heavy (non-hydrogen) atoms. The Balaban J connectivity index is 2.54. The summed E-state index contributed by atoms with van der Waals surface area (Å²) in [4.78, 5) is 0. The van der Waals surface area contributed by atoms with E-state index >= 15 is 0 Å². The van der Waals surface area contributed by atoms with Crippen LogP contribution < -0.4 is 0 Å². The molecule has 58 valence electrons. The van der Waals surface area contributed by atoms with Gasteiger partial charge in [0, 0.05) is 0 Å². The van der Waals surface area contributed by atoms with Crippen molar-refractivity contribution in [2.24, 2.45) is 11.8 Å². The summed E-state index contributed by atoms with van der Waals surface area (Å²) in [5.41, 5.74) is 1.70. The molecule has 0 saturated heterocycles. The van der Waals surface area contributed by atoms with Crippen LogP contribution in [0, 0.1) is 11.8 Å². The van der Waals surface area contributed by atoms with Crippen molar-refractivity contribution in [3.8, 4) is 0 Å². The predicted octanol–water partition coefficient (Wildman–Crippen LogP) is 3.39. The standard InChI is InChI=1S/C10H18/c1-8(2)7-10-6-4-5-9(10)3/h7-9H,4-6H2,1-3H3. The summed E-state index contributed by atoms with van der Waals surface area (Å²) in [7, 11) is 0. The molecule has 1 aliphatic carbocycles. The highest BCUT2D eigenvalue weighted by molar-refractivity contribution is 5.10. The largest absolute Gasteiger partial charge is 0.0825 e. The van der Waals surface area contributed by atoms with E-state index in [1.165, 1.54) is 19.3 Å². The fourth-order valence-corrected chi connectivity index (χ4v) is 1.72. The minimum atomic E-state index is 0.746. The molecule has 0 heterocycles. The van der Waals surface area contributed by atoms with Crippen molar-refractivity contribution >= 4 is 0 Å². The summed E-state index contributed by atoms with van der Waals surface area (Å²) in [5, 5.41) is 0. The first kappa shape index (κ1) is 7.84. The van der Waals surface area contributed by atoms with Crippen LogP contribution in [0.4, 0.5) is 0 Å². The van der Waals surface area contributed by atoms with E-state index in [-0.39, 0.29) is 0 Å². The monoisotopic (exact) mass is 138 g/mol. The third kappa shape index (κ3) is 1.86. The van der Waals surface area contributed by atoms with Gasteiger partial charge in [0.2, 0.25) is 0 Å². The van der Waals surface area contributed by atoms with Gasteiger partial charge < -0.3 is 0 Å². The van der Waals surface area contributed by atoms with E-state index in [1.54, 1.807) is 5.57 Å². The molecule has 0 bridgehead atoms. The zero-order valence-corrected chi connectivity index (χ0v) is 7.35. The van der Waals surface area contributed by atoms with Crippen molar-refractivity contribution in [1.29, 1.82) is 0 Å². The van der Waals surface area contributed by atoms with Gasteiger partial charge in [-0.25, -0.2) is 0 Å². The van der Waals surface area contributed by atoms with E-state index in [0.29, 0.717) is 0 Å². The number of rotatable bonds is 1. The molecular weight excluding hydrogens is 120 g/mol. The lowest BCUT2D eigenvalue weighted by molar-refractivity contribution is 0.685. The SMILES string of the molecule is CC(C)C=C1CCCC1C. The summed E-state index contributed by atoms with van der Waals surface area (Å²) in [5.74, 6) is 1.62. The Kier molecular flexibility index (Phi) is 2.53. The Morgan fingerprint density at radius 3 is 2.60 bits per heavy atom. The van der Waals surface area contributed by atoms with Crippen LogP contribution >= 0.6 is 0 Å². The summed E-state index contributed by atoms with van der Waals surface area (Å²) in [6.07, 6.45) is 6.63. The number of hydrogen-bond acceptors (Lipinski definition) is 0. The minimum absolute atomic E-state index is 0.746. The predicted molar refractivity (Wildman–Crippen MR) is 45.9 cm³/mol. The molecule has 0 aliphatic heterocycles. The van der Waals surface area contributed by atoms with Crippen LogP contribution in [-0.4, -0.2) is 0 Å². The van der Waals surface area contributed by atoms with Crippen LogP contribution in [0.5, 0.6) is 0 Å². The maximum absolute atomic E-state index is 2.44. The van der Waals surface area contributed by atoms with Gasteiger partial charge in [-0.1, -0.05) is 32.4 Å². The molecule has 1 fully saturated rings. The molecule has 0 aromatic rings. The van der Waals surface area contributed by atoms with E-state index in [2.05, 4.69) is 26.8 Å². The van der Waals surface area contributed by atoms with Crippen LogP contribution in [0.3, 0.4) is 0 Å². The first-order valence-corrected chi connectivity index (χ1v) is 4.40. The van der Waals surface area contributed by atoms with Gasteiger partial charge in [0.1, 0.15) is 0 Å². The summed E-state index contributed by atoms with van der Waals surface area (Å²) >= 11 is 0. The molecule has 1 rings (SSSR count). The Morgan fingerprint density at radius 2 is 2.20 bits per heavy atom. The summed E-state index contributed by atoms with van der Waals surface area (Å²) < 4.78 is 0. The second-order valence-corrected chi connectivity index (χ2v) is 3.78. The van der Waals surface area contributed by atoms with E-state index in [9.17, 15) is 0 Å². The molecule has 0 heteroatoms. The van der Waals surface area contributed by atoms with Crippen molar-refractivity contribution in [3.05, 3.63) is 11.6 Å². The normalized spacial score (nSPS) is 30.4. The Bertz CT molecular complexity index is 131. The molecule has 0 N–H and O–H groups in total. The van der Waals surface area contributed by atoms with Crippen LogP contribution in [0.2, 0.25) is 0 Å². The average Bonchev–Trinajstić information content (AvgIpc) is 2.15. The van der Waals surface area contributed by atoms with E-state index in [0.717, 1.165) is 11.8 Å². The van der Waals surface area contributed by atoms with Gasteiger partial charge >= 0.3 is 0 Å². The molecule has 1 unspecified atom stereocenters. The molecule has 0 aromatic carbocycles. The van der Waals surface area contributed by atoms with Gasteiger partial charge in [0.25, 0.3) is 0 Å². The van der Waals surface area contributed by atoms with Crippen molar-refractivity contribution in [2.75, 3.05) is 0 Å². The molecule has 0 radical (unpaired) electrons. The third-order valence-corrected chi connectivity index (χ3v) is 2.28. The maximum Gasteiger partial charge on any atom is -0.0231 e. The lowest BCUT2D eigenvalue weighted by Crippen LogP contribution is -1.91. The highest BCUT2D eigenvalue weighted by Gasteiger charge is 2.15. The molecule has 1 saturated carbocycles. The maximum atomic E-state index is 2.44. The van der Waals surface area contributed by atoms with Crippen molar-refractivity contribution in [3.63, 3.8) is 0 Å². The van der Waals surface area contributed by atoms with E-state index < -0.39 is 0 Å². The smallest absolute Gasteiger partial charge is 0.0231 e. The van der Waals surface area contributed by atoms with Gasteiger partial charge in [-0.15, -0.1) is 0 Å². The average molecular weight is 138 g/mol. The quantitative estimate of drug-likeness (QED) is 0.487. The zero-order valence-electron chi connectivity index (χ0n) is 7.35. The molecule has 1 atom stereocenters. The van der Waals surface area contributed by atoms with E-state index in [4.69, 9.17) is 0 Å². The number of hydrogen-bond donors (Lipinski definition) is 0. The van der Waals surface area contributed by atoms with Crippen molar-refractivity contribution in [2.45, 2.75) is 40.0 Å². The zero-order chi connectivity index (χ0) is 7.56. The fourth-order valence-electron chi connectivity index (χ4n) is 1.72. The van der Waals surface area contributed by atoms with Gasteiger partial charge in [-0.3, -0.25) is 0 Å². The van der Waals surface area contributed by atoms with E-state index in [1.807, 2.05) is 0 Å². The topological polar surface area (TPSA) is 0 Å². The molecule has 1 aliphatic rings. The molecule has 0 aromatic heterocycles. The highest BCUT2D eigenvalue weighted by Crippen LogP contribution is 2.30. The molecular formula is C10H18. The van der Waals surface area contributed by atoms with Crippen LogP contribution in [0.1, 0.15) is 40.0 Å². The molecule has 0 amide bonds. The Hall–Kier alpha value is -0.260. The van der Waals surface area contributed by atoms with Gasteiger partial charge in [0.05, 0.1) is 0 Å². The van der Waals surface area contributed by atoms with Crippen molar-refractivity contribution < 1.29 is 0 Å². The van der Waals surface area contributed by atoms with Crippen molar-refractivity contribution in [1.82, 2.24) is 0 Å². The van der Waals surface area contributed by atoms with Crippen LogP contribution in [0.15, 0.2) is 11.6 Å². The molecule has 0 nitrogen and oxygen atoms in total. The lowest BCUT2D eigenvalue weighted by atomic mass is 10.0. The van der Waals surface area contributed by atoms with Gasteiger partial charge in [0.15, 0.2) is 0 Å². The van der Waals surface area contributed by atoms with Gasteiger partial charge in [-0.2, -0.15) is 0 Å². The fraction of sp³-hybridized carbons (Fsp3) is 0.800. The second-order valence-electron chi connectivity index (χ2n) is 3.78. The first-order valence-electron chi connectivity index (χ1n) is 4.40.